The van der Waals surface area contributed by atoms with Gasteiger partial charge in [0.1, 0.15) is 0 Å². The van der Waals surface area contributed by atoms with Gasteiger partial charge in [-0.1, -0.05) is 45.7 Å². The van der Waals surface area contributed by atoms with E-state index in [0.717, 1.165) is 21.9 Å². The van der Waals surface area contributed by atoms with Crippen molar-refractivity contribution in [3.05, 3.63) is 57.5 Å². The van der Waals surface area contributed by atoms with E-state index < -0.39 is 0 Å². The fourth-order valence-electron chi connectivity index (χ4n) is 1.52. The number of hydrogen-bond donors (Lipinski definition) is 0. The molecule has 16 heavy (non-hydrogen) atoms. The van der Waals surface area contributed by atoms with E-state index in [-0.39, 0.29) is 0 Å². The first-order chi connectivity index (χ1) is 7.70. The van der Waals surface area contributed by atoms with Gasteiger partial charge in [0.2, 0.25) is 0 Å². The summed E-state index contributed by atoms with van der Waals surface area (Å²) in [5.41, 5.74) is 2.50. The molecule has 0 amide bonds. The molecule has 0 atom stereocenters. The van der Waals surface area contributed by atoms with Crippen LogP contribution in [0.5, 0.6) is 0 Å². The zero-order chi connectivity index (χ0) is 11.5. The maximum atomic E-state index is 11.0. The largest absolute Gasteiger partial charge is 0.298 e. The van der Waals surface area contributed by atoms with Crippen molar-refractivity contribution >= 4 is 33.8 Å². The van der Waals surface area contributed by atoms with Gasteiger partial charge in [-0.2, -0.15) is 0 Å². The Morgan fingerprint density at radius 1 is 1.06 bits per heavy atom. The summed E-state index contributed by atoms with van der Waals surface area (Å²) >= 11 is 9.22. The van der Waals surface area contributed by atoms with Gasteiger partial charge in [-0.25, -0.2) is 0 Å². The highest BCUT2D eigenvalue weighted by molar-refractivity contribution is 9.10. The molecule has 2 aromatic rings. The number of carbonyl (C=O) groups excluding carboxylic acids is 1. The molecule has 0 radical (unpaired) electrons. The van der Waals surface area contributed by atoms with Crippen molar-refractivity contribution in [2.75, 3.05) is 0 Å². The molecule has 0 N–H and O–H groups in total. The zero-order valence-electron chi connectivity index (χ0n) is 8.28. The fourth-order valence-corrected chi connectivity index (χ4v) is 1.97. The number of halogens is 2. The molecule has 80 valence electrons. The van der Waals surface area contributed by atoms with Crippen LogP contribution in [0.2, 0.25) is 5.02 Å². The maximum Gasteiger partial charge on any atom is 0.150 e. The Labute approximate surface area is 107 Å². The smallest absolute Gasteiger partial charge is 0.150 e. The first-order valence-electron chi connectivity index (χ1n) is 4.71. The van der Waals surface area contributed by atoms with Crippen LogP contribution in [0.4, 0.5) is 0 Å². The van der Waals surface area contributed by atoms with Crippen molar-refractivity contribution in [3.63, 3.8) is 0 Å². The third kappa shape index (κ3) is 2.34. The average Bonchev–Trinajstić information content (AvgIpc) is 2.30. The summed E-state index contributed by atoms with van der Waals surface area (Å²) in [4.78, 5) is 11.0. The van der Waals surface area contributed by atoms with Crippen LogP contribution in [0.3, 0.4) is 0 Å². The minimum atomic E-state index is 0.572. The van der Waals surface area contributed by atoms with E-state index in [0.29, 0.717) is 10.6 Å². The van der Waals surface area contributed by atoms with Gasteiger partial charge in [0.15, 0.2) is 6.29 Å². The summed E-state index contributed by atoms with van der Waals surface area (Å²) in [6.45, 7) is 0. The molecule has 0 aliphatic heterocycles. The molecular formula is C13H8BrClO. The summed E-state index contributed by atoms with van der Waals surface area (Å²) in [5, 5.41) is 0.572. The molecule has 0 bridgehead atoms. The molecule has 0 unspecified atom stereocenters. The van der Waals surface area contributed by atoms with Crippen molar-refractivity contribution < 1.29 is 4.79 Å². The predicted octanol–water partition coefficient (Wildman–Crippen LogP) is 4.58. The third-order valence-corrected chi connectivity index (χ3v) is 3.06. The van der Waals surface area contributed by atoms with Gasteiger partial charge in [-0.05, 0) is 35.4 Å². The van der Waals surface area contributed by atoms with Crippen molar-refractivity contribution in [1.82, 2.24) is 0 Å². The molecule has 0 saturated heterocycles. The Morgan fingerprint density at radius 2 is 1.75 bits per heavy atom. The monoisotopic (exact) mass is 294 g/mol. The van der Waals surface area contributed by atoms with Crippen LogP contribution in [-0.2, 0) is 0 Å². The summed E-state index contributed by atoms with van der Waals surface area (Å²) in [7, 11) is 0. The van der Waals surface area contributed by atoms with Crippen molar-refractivity contribution in [2.24, 2.45) is 0 Å². The molecule has 1 nitrogen and oxygen atoms in total. The first kappa shape index (κ1) is 11.4. The van der Waals surface area contributed by atoms with E-state index in [4.69, 9.17) is 11.6 Å². The second-order valence-electron chi connectivity index (χ2n) is 3.36. The van der Waals surface area contributed by atoms with Gasteiger partial charge in [0.05, 0.1) is 0 Å². The molecule has 2 aromatic carbocycles. The summed E-state index contributed by atoms with van der Waals surface area (Å²) in [6.07, 6.45) is 0.823. The highest BCUT2D eigenvalue weighted by atomic mass is 79.9. The summed E-state index contributed by atoms with van der Waals surface area (Å²) in [6, 6.07) is 13.1. The van der Waals surface area contributed by atoms with Crippen molar-refractivity contribution in [3.8, 4) is 11.1 Å². The third-order valence-electron chi connectivity index (χ3n) is 2.30. The van der Waals surface area contributed by atoms with Crippen molar-refractivity contribution in [2.45, 2.75) is 0 Å². The van der Waals surface area contributed by atoms with E-state index in [9.17, 15) is 4.79 Å². The standard InChI is InChI=1S/C13H8BrClO/c14-11-3-1-9(2-4-11)13-6-5-12(15)7-10(13)8-16/h1-8H. The van der Waals surface area contributed by atoms with Gasteiger partial charge in [0.25, 0.3) is 0 Å². The first-order valence-corrected chi connectivity index (χ1v) is 5.88. The summed E-state index contributed by atoms with van der Waals surface area (Å²) in [5.74, 6) is 0. The van der Waals surface area contributed by atoms with E-state index in [1.54, 1.807) is 12.1 Å². The van der Waals surface area contributed by atoms with Gasteiger partial charge in [0, 0.05) is 15.1 Å². The second-order valence-corrected chi connectivity index (χ2v) is 4.71. The normalized spacial score (nSPS) is 10.1. The fraction of sp³-hybridized carbons (Fsp3) is 0. The number of rotatable bonds is 2. The van der Waals surface area contributed by atoms with Crippen LogP contribution in [0.25, 0.3) is 11.1 Å². The Morgan fingerprint density at radius 3 is 2.38 bits per heavy atom. The maximum absolute atomic E-state index is 11.0. The Hall–Kier alpha value is -1.12. The number of benzene rings is 2. The molecule has 0 fully saturated rings. The van der Waals surface area contributed by atoms with E-state index in [2.05, 4.69) is 15.9 Å². The SMILES string of the molecule is O=Cc1cc(Cl)ccc1-c1ccc(Br)cc1. The average molecular weight is 296 g/mol. The van der Waals surface area contributed by atoms with Crippen LogP contribution >= 0.6 is 27.5 Å². The molecule has 0 aromatic heterocycles. The highest BCUT2D eigenvalue weighted by Crippen LogP contribution is 2.26. The molecule has 2 rings (SSSR count). The van der Waals surface area contributed by atoms with Crippen LogP contribution in [0, 0.1) is 0 Å². The molecule has 0 saturated carbocycles. The van der Waals surface area contributed by atoms with Crippen LogP contribution in [-0.4, -0.2) is 6.29 Å². The number of aldehydes is 1. The van der Waals surface area contributed by atoms with Crippen molar-refractivity contribution in [1.29, 1.82) is 0 Å². The Balaban J connectivity index is 2.55. The Kier molecular flexibility index (Phi) is 3.42. The number of carbonyl (C=O) groups is 1. The number of hydrogen-bond acceptors (Lipinski definition) is 1. The van der Waals surface area contributed by atoms with Crippen LogP contribution in [0.1, 0.15) is 10.4 Å². The van der Waals surface area contributed by atoms with Gasteiger partial charge < -0.3 is 0 Å². The Bertz CT molecular complexity index is 520. The summed E-state index contributed by atoms with van der Waals surface area (Å²) < 4.78 is 1.01. The quantitative estimate of drug-likeness (QED) is 0.741. The van der Waals surface area contributed by atoms with Crippen LogP contribution in [0.15, 0.2) is 46.9 Å². The zero-order valence-corrected chi connectivity index (χ0v) is 10.6. The van der Waals surface area contributed by atoms with Gasteiger partial charge >= 0.3 is 0 Å². The minimum Gasteiger partial charge on any atom is -0.298 e. The van der Waals surface area contributed by atoms with E-state index in [1.165, 1.54) is 0 Å². The molecular weight excluding hydrogens is 287 g/mol. The molecule has 0 heterocycles. The predicted molar refractivity (Wildman–Crippen MR) is 70.0 cm³/mol. The lowest BCUT2D eigenvalue weighted by Crippen LogP contribution is -1.87. The van der Waals surface area contributed by atoms with E-state index in [1.807, 2.05) is 30.3 Å². The molecule has 0 spiro atoms. The van der Waals surface area contributed by atoms with Crippen LogP contribution < -0.4 is 0 Å². The minimum absolute atomic E-state index is 0.572. The molecule has 3 heteroatoms. The van der Waals surface area contributed by atoms with Gasteiger partial charge in [-0.3, -0.25) is 4.79 Å². The van der Waals surface area contributed by atoms with Gasteiger partial charge in [-0.15, -0.1) is 0 Å². The lowest BCUT2D eigenvalue weighted by Gasteiger charge is -2.05. The topological polar surface area (TPSA) is 17.1 Å². The lowest BCUT2D eigenvalue weighted by molar-refractivity contribution is 0.112. The molecule has 0 aliphatic carbocycles. The second kappa shape index (κ2) is 4.81. The highest BCUT2D eigenvalue weighted by Gasteiger charge is 2.04. The lowest BCUT2D eigenvalue weighted by atomic mass is 10.0. The van der Waals surface area contributed by atoms with E-state index >= 15 is 0 Å². The molecule has 0 aliphatic rings.